The molecule has 0 aliphatic heterocycles. The molecule has 0 aliphatic rings. The number of carbonyl (C=O) groups is 1. The van der Waals surface area contributed by atoms with Gasteiger partial charge in [0.1, 0.15) is 13.3 Å². The summed E-state index contributed by atoms with van der Waals surface area (Å²) in [7, 11) is 0. The minimum Gasteiger partial charge on any atom is -0.463 e. The minimum atomic E-state index is -0.949. The van der Waals surface area contributed by atoms with Gasteiger partial charge in [0.2, 0.25) is 0 Å². The maximum atomic E-state index is 11.7. The van der Waals surface area contributed by atoms with Gasteiger partial charge in [-0.3, -0.25) is 0 Å². The molecular weight excluding hydrogens is 154 g/mol. The molecule has 0 aliphatic carbocycles. The van der Waals surface area contributed by atoms with E-state index >= 15 is 0 Å². The van der Waals surface area contributed by atoms with Crippen LogP contribution in [0.5, 0.6) is 0 Å². The van der Waals surface area contributed by atoms with Gasteiger partial charge in [-0.25, -0.2) is 13.6 Å². The Morgan fingerprint density at radius 1 is 1.45 bits per heavy atom. The Morgan fingerprint density at radius 2 is 2.00 bits per heavy atom. The average molecular weight is 164 g/mol. The van der Waals surface area contributed by atoms with Crippen molar-refractivity contribution >= 4 is 5.97 Å². The molecule has 64 valence electrons. The van der Waals surface area contributed by atoms with Crippen molar-refractivity contribution < 1.29 is 18.3 Å². The van der Waals surface area contributed by atoms with Crippen LogP contribution in [0, 0.1) is 0 Å². The first kappa shape index (κ1) is 10.1. The lowest BCUT2D eigenvalue weighted by atomic mass is 10.3. The van der Waals surface area contributed by atoms with Crippen LogP contribution in [0.4, 0.5) is 8.78 Å². The second kappa shape index (κ2) is 5.82. The Bertz CT molecular complexity index is 149. The molecule has 0 spiro atoms. The zero-order chi connectivity index (χ0) is 8.69. The van der Waals surface area contributed by atoms with E-state index < -0.39 is 19.3 Å². The Hall–Kier alpha value is -0.930. The number of hydrogen-bond acceptors (Lipinski definition) is 2. The molecule has 0 rings (SSSR count). The van der Waals surface area contributed by atoms with E-state index in [1.807, 2.05) is 0 Å². The molecule has 0 amide bonds. The summed E-state index contributed by atoms with van der Waals surface area (Å²) in [6.45, 7) is -0.0673. The van der Waals surface area contributed by atoms with E-state index in [0.717, 1.165) is 6.08 Å². The highest BCUT2D eigenvalue weighted by atomic mass is 19.1. The molecule has 0 atom stereocenters. The number of alkyl halides is 2. The molecule has 0 N–H and O–H groups in total. The van der Waals surface area contributed by atoms with Gasteiger partial charge in [0.15, 0.2) is 0 Å². The molecule has 0 unspecified atom stereocenters. The number of allylic oxidation sites excluding steroid dienone is 1. The number of hydrogen-bond donors (Lipinski definition) is 0. The number of halogens is 2. The number of rotatable bonds is 4. The van der Waals surface area contributed by atoms with Gasteiger partial charge < -0.3 is 4.74 Å². The van der Waals surface area contributed by atoms with E-state index in [2.05, 4.69) is 4.74 Å². The quantitative estimate of drug-likeness (QED) is 0.464. The monoisotopic (exact) mass is 164 g/mol. The highest BCUT2D eigenvalue weighted by Gasteiger charge is 2.00. The van der Waals surface area contributed by atoms with Gasteiger partial charge in [0.25, 0.3) is 0 Å². The van der Waals surface area contributed by atoms with E-state index in [-0.39, 0.29) is 12.2 Å². The molecule has 11 heavy (non-hydrogen) atoms. The van der Waals surface area contributed by atoms with Crippen molar-refractivity contribution in [2.75, 3.05) is 20.0 Å². The van der Waals surface area contributed by atoms with E-state index in [1.54, 1.807) is 6.92 Å². The van der Waals surface area contributed by atoms with Gasteiger partial charge in [0, 0.05) is 6.08 Å². The average Bonchev–Trinajstić information content (AvgIpc) is 2.01. The summed E-state index contributed by atoms with van der Waals surface area (Å²) < 4.78 is 27.9. The van der Waals surface area contributed by atoms with E-state index in [4.69, 9.17) is 0 Å². The first-order chi connectivity index (χ1) is 5.24. The first-order valence-electron chi connectivity index (χ1n) is 3.22. The minimum absolute atomic E-state index is 0.191. The largest absolute Gasteiger partial charge is 0.463 e. The fourth-order valence-corrected chi connectivity index (χ4v) is 0.463. The molecule has 0 fully saturated rings. The van der Waals surface area contributed by atoms with Crippen LogP contribution < -0.4 is 0 Å². The summed E-state index contributed by atoms with van der Waals surface area (Å²) in [5.74, 6) is -0.696. The summed E-state index contributed by atoms with van der Waals surface area (Å²) >= 11 is 0. The predicted molar refractivity (Wildman–Crippen MR) is 36.7 cm³/mol. The molecule has 4 heteroatoms. The third kappa shape index (κ3) is 4.47. The number of esters is 1. The maximum Gasteiger partial charge on any atom is 0.330 e. The predicted octanol–water partition coefficient (Wildman–Crippen LogP) is 1.41. The second-order valence-corrected chi connectivity index (χ2v) is 1.82. The van der Waals surface area contributed by atoms with Crippen molar-refractivity contribution in [1.82, 2.24) is 0 Å². The zero-order valence-corrected chi connectivity index (χ0v) is 6.27. The van der Waals surface area contributed by atoms with Crippen LogP contribution in [0.15, 0.2) is 11.6 Å². The lowest BCUT2D eigenvalue weighted by Crippen LogP contribution is -2.02. The van der Waals surface area contributed by atoms with Gasteiger partial charge in [-0.15, -0.1) is 0 Å². The zero-order valence-electron chi connectivity index (χ0n) is 6.27. The topological polar surface area (TPSA) is 26.3 Å². The summed E-state index contributed by atoms with van der Waals surface area (Å²) in [4.78, 5) is 10.5. The van der Waals surface area contributed by atoms with Crippen LogP contribution in [0.2, 0.25) is 0 Å². The fourth-order valence-electron chi connectivity index (χ4n) is 0.463. The SMILES string of the molecule is CCOC(=O)C=C(CF)CF. The summed E-state index contributed by atoms with van der Waals surface area (Å²) in [6, 6.07) is 0. The lowest BCUT2D eigenvalue weighted by molar-refractivity contribution is -0.137. The molecule has 0 radical (unpaired) electrons. The third-order valence-corrected chi connectivity index (χ3v) is 0.952. The van der Waals surface area contributed by atoms with E-state index in [9.17, 15) is 13.6 Å². The Morgan fingerprint density at radius 3 is 2.36 bits per heavy atom. The van der Waals surface area contributed by atoms with Crippen LogP contribution in [-0.2, 0) is 9.53 Å². The highest BCUT2D eigenvalue weighted by molar-refractivity contribution is 5.82. The van der Waals surface area contributed by atoms with Crippen LogP contribution in [0.25, 0.3) is 0 Å². The lowest BCUT2D eigenvalue weighted by Gasteiger charge is -1.96. The van der Waals surface area contributed by atoms with Gasteiger partial charge in [-0.2, -0.15) is 0 Å². The summed E-state index contributed by atoms with van der Waals surface area (Å²) in [5.41, 5.74) is -0.191. The van der Waals surface area contributed by atoms with Gasteiger partial charge in [-0.05, 0) is 12.5 Å². The van der Waals surface area contributed by atoms with Gasteiger partial charge >= 0.3 is 5.97 Å². The van der Waals surface area contributed by atoms with Crippen molar-refractivity contribution in [3.05, 3.63) is 11.6 Å². The van der Waals surface area contributed by atoms with Gasteiger partial charge in [0.05, 0.1) is 6.61 Å². The number of ether oxygens (including phenoxy) is 1. The van der Waals surface area contributed by atoms with Crippen molar-refractivity contribution in [3.8, 4) is 0 Å². The molecule has 2 nitrogen and oxygen atoms in total. The van der Waals surface area contributed by atoms with Crippen molar-refractivity contribution in [1.29, 1.82) is 0 Å². The highest BCUT2D eigenvalue weighted by Crippen LogP contribution is 1.97. The molecule has 0 aromatic carbocycles. The summed E-state index contributed by atoms with van der Waals surface area (Å²) in [6.07, 6.45) is 0.837. The fraction of sp³-hybridized carbons (Fsp3) is 0.571. The van der Waals surface area contributed by atoms with Gasteiger partial charge in [-0.1, -0.05) is 0 Å². The third-order valence-electron chi connectivity index (χ3n) is 0.952. The van der Waals surface area contributed by atoms with Crippen LogP contribution in [-0.4, -0.2) is 25.9 Å². The standard InChI is InChI=1S/C7H10F2O2/c1-2-11-7(10)3-6(4-8)5-9/h3H,2,4-5H2,1H3. The first-order valence-corrected chi connectivity index (χ1v) is 3.22. The maximum absolute atomic E-state index is 11.7. The smallest absolute Gasteiger partial charge is 0.330 e. The second-order valence-electron chi connectivity index (χ2n) is 1.82. The van der Waals surface area contributed by atoms with Crippen LogP contribution >= 0.6 is 0 Å². The Balaban J connectivity index is 3.93. The molecule has 0 bridgehead atoms. The van der Waals surface area contributed by atoms with E-state index in [1.165, 1.54) is 0 Å². The Labute approximate surface area is 63.8 Å². The summed E-state index contributed by atoms with van der Waals surface area (Å²) in [5, 5.41) is 0. The van der Waals surface area contributed by atoms with Crippen molar-refractivity contribution in [2.45, 2.75) is 6.92 Å². The molecule has 0 heterocycles. The van der Waals surface area contributed by atoms with Crippen molar-refractivity contribution in [3.63, 3.8) is 0 Å². The molecule has 0 aromatic heterocycles. The number of carbonyl (C=O) groups excluding carboxylic acids is 1. The van der Waals surface area contributed by atoms with Crippen molar-refractivity contribution in [2.24, 2.45) is 0 Å². The Kier molecular flexibility index (Phi) is 5.33. The molecular formula is C7H10F2O2. The van der Waals surface area contributed by atoms with E-state index in [0.29, 0.717) is 0 Å². The molecule has 0 saturated heterocycles. The normalized spacial score (nSPS) is 9.00. The molecule has 0 saturated carbocycles. The molecule has 0 aromatic rings. The van der Waals surface area contributed by atoms with Crippen LogP contribution in [0.1, 0.15) is 6.92 Å². The van der Waals surface area contributed by atoms with Crippen LogP contribution in [0.3, 0.4) is 0 Å².